The number of imidazole rings is 1. The number of hydrogen-bond donors (Lipinski definition) is 2. The molecule has 0 spiro atoms. The number of carbonyl (C=O) groups is 1. The first-order valence-corrected chi connectivity index (χ1v) is 6.59. The number of nitrogens with one attached hydrogen (secondary N) is 2. The van der Waals surface area contributed by atoms with Gasteiger partial charge in [0.25, 0.3) is 0 Å². The van der Waals surface area contributed by atoms with E-state index in [0.29, 0.717) is 19.1 Å². The Morgan fingerprint density at radius 3 is 2.89 bits per heavy atom. The van der Waals surface area contributed by atoms with Crippen LogP contribution in [0.25, 0.3) is 0 Å². The van der Waals surface area contributed by atoms with Gasteiger partial charge in [0.05, 0.1) is 6.61 Å². The summed E-state index contributed by atoms with van der Waals surface area (Å²) < 4.78 is 6.95. The molecule has 7 heteroatoms. The van der Waals surface area contributed by atoms with Gasteiger partial charge in [-0.3, -0.25) is 5.32 Å². The average molecular weight is 284 g/mol. The fourth-order valence-electron chi connectivity index (χ4n) is 1.35. The van der Waals surface area contributed by atoms with E-state index in [0.717, 1.165) is 12.4 Å². The van der Waals surface area contributed by atoms with E-state index < -0.39 is 6.09 Å². The van der Waals surface area contributed by atoms with E-state index in [1.807, 2.05) is 31.5 Å². The Hall–Kier alpha value is -1.63. The maximum absolute atomic E-state index is 11.3. The third-order valence-corrected chi connectivity index (χ3v) is 2.57. The van der Waals surface area contributed by atoms with Crippen molar-refractivity contribution in [1.29, 1.82) is 0 Å². The molecule has 0 saturated heterocycles. The molecule has 1 aromatic rings. The highest BCUT2D eigenvalue weighted by molar-refractivity contribution is 7.80. The van der Waals surface area contributed by atoms with Gasteiger partial charge in [-0.05, 0) is 25.1 Å². The number of hydrogen-bond acceptors (Lipinski definition) is 4. The molecule has 0 radical (unpaired) electrons. The van der Waals surface area contributed by atoms with Crippen LogP contribution in [0.5, 0.6) is 0 Å². The average Bonchev–Trinajstić information content (AvgIpc) is 2.72. The van der Waals surface area contributed by atoms with Gasteiger partial charge in [0.2, 0.25) is 0 Å². The molecule has 0 aliphatic rings. The molecule has 0 bridgehead atoms. The van der Waals surface area contributed by atoms with E-state index in [-0.39, 0.29) is 5.11 Å². The van der Waals surface area contributed by atoms with Gasteiger partial charge in [0.15, 0.2) is 5.11 Å². The van der Waals surface area contributed by atoms with Crippen molar-refractivity contribution in [2.45, 2.75) is 27.3 Å². The van der Waals surface area contributed by atoms with Gasteiger partial charge < -0.3 is 14.6 Å². The molecule has 2 N–H and O–H groups in total. The van der Waals surface area contributed by atoms with Crippen molar-refractivity contribution in [1.82, 2.24) is 20.2 Å². The van der Waals surface area contributed by atoms with Gasteiger partial charge in [-0.2, -0.15) is 0 Å². The summed E-state index contributed by atoms with van der Waals surface area (Å²) in [5, 5.41) is 5.67. The zero-order valence-electron chi connectivity index (χ0n) is 11.5. The highest BCUT2D eigenvalue weighted by Crippen LogP contribution is 1.94. The van der Waals surface area contributed by atoms with E-state index in [9.17, 15) is 4.79 Å². The quantitative estimate of drug-likeness (QED) is 0.801. The lowest BCUT2D eigenvalue weighted by Gasteiger charge is -2.11. The summed E-state index contributed by atoms with van der Waals surface area (Å²) in [5.74, 6) is 1.24. The first-order valence-electron chi connectivity index (χ1n) is 6.18. The molecular formula is C12H20N4O2S. The first-order chi connectivity index (χ1) is 8.99. The number of alkyl carbamates (subject to hydrolysis) is 1. The number of aromatic nitrogens is 2. The molecule has 0 aromatic carbocycles. The highest BCUT2D eigenvalue weighted by Gasteiger charge is 2.06. The Kier molecular flexibility index (Phi) is 6.27. The second kappa shape index (κ2) is 7.73. The second-order valence-corrected chi connectivity index (χ2v) is 4.95. The molecule has 0 aliphatic carbocycles. The van der Waals surface area contributed by atoms with Gasteiger partial charge >= 0.3 is 6.09 Å². The molecule has 1 rings (SSSR count). The van der Waals surface area contributed by atoms with E-state index in [2.05, 4.69) is 15.6 Å². The van der Waals surface area contributed by atoms with Gasteiger partial charge in [0, 0.05) is 25.5 Å². The van der Waals surface area contributed by atoms with E-state index in [4.69, 9.17) is 17.0 Å². The Morgan fingerprint density at radius 1 is 1.58 bits per heavy atom. The van der Waals surface area contributed by atoms with Crippen LogP contribution in [0.1, 0.15) is 19.7 Å². The van der Waals surface area contributed by atoms with Crippen LogP contribution in [0.3, 0.4) is 0 Å². The summed E-state index contributed by atoms with van der Waals surface area (Å²) in [5.41, 5.74) is 0. The fraction of sp³-hybridized carbons (Fsp3) is 0.583. The summed E-state index contributed by atoms with van der Waals surface area (Å²) in [7, 11) is 0. The van der Waals surface area contributed by atoms with Crippen LogP contribution in [-0.4, -0.2) is 33.9 Å². The third-order valence-electron chi connectivity index (χ3n) is 2.33. The Morgan fingerprint density at radius 2 is 2.32 bits per heavy atom. The number of nitrogens with zero attached hydrogens (tertiary/aromatic N) is 2. The minimum absolute atomic E-state index is 0.270. The molecule has 0 atom stereocenters. The molecule has 0 unspecified atom stereocenters. The molecule has 6 nitrogen and oxygen atoms in total. The van der Waals surface area contributed by atoms with Gasteiger partial charge in [-0.15, -0.1) is 0 Å². The summed E-state index contributed by atoms with van der Waals surface area (Å²) >= 11 is 4.99. The molecule has 0 aliphatic heterocycles. The van der Waals surface area contributed by atoms with Crippen LogP contribution >= 0.6 is 12.2 Å². The van der Waals surface area contributed by atoms with Crippen LogP contribution < -0.4 is 10.6 Å². The Labute approximate surface area is 118 Å². The molecule has 1 heterocycles. The maximum Gasteiger partial charge on any atom is 0.413 e. The monoisotopic (exact) mass is 284 g/mol. The number of carbonyl (C=O) groups excluding carboxylic acids is 1. The summed E-state index contributed by atoms with van der Waals surface area (Å²) in [4.78, 5) is 15.4. The zero-order valence-corrected chi connectivity index (χ0v) is 12.3. The molecule has 0 saturated carbocycles. The van der Waals surface area contributed by atoms with Crippen molar-refractivity contribution in [2.24, 2.45) is 5.92 Å². The zero-order chi connectivity index (χ0) is 14.3. The van der Waals surface area contributed by atoms with E-state index >= 15 is 0 Å². The molecule has 0 fully saturated rings. The number of rotatable bonds is 5. The molecule has 1 aromatic heterocycles. The fourth-order valence-corrected chi connectivity index (χ4v) is 1.53. The van der Waals surface area contributed by atoms with Crippen molar-refractivity contribution in [2.75, 3.05) is 13.2 Å². The van der Waals surface area contributed by atoms with E-state index in [1.54, 1.807) is 6.20 Å². The standard InChI is InChI=1S/C12H20N4O2S/c1-9(2)8-18-12(17)15-11(19)14-5-7-16-6-4-13-10(16)3/h4,6,9H,5,7-8H2,1-3H3,(H2,14,15,17,19). The van der Waals surface area contributed by atoms with Crippen LogP contribution in [0.2, 0.25) is 0 Å². The third kappa shape index (κ3) is 6.19. The number of amides is 1. The first kappa shape index (κ1) is 15.4. The minimum atomic E-state index is -0.523. The lowest BCUT2D eigenvalue weighted by atomic mass is 10.2. The maximum atomic E-state index is 11.3. The summed E-state index contributed by atoms with van der Waals surface area (Å²) in [6.45, 7) is 7.59. The van der Waals surface area contributed by atoms with Gasteiger partial charge in [-0.1, -0.05) is 13.8 Å². The van der Waals surface area contributed by atoms with Crippen LogP contribution in [0.4, 0.5) is 4.79 Å². The minimum Gasteiger partial charge on any atom is -0.449 e. The number of thiocarbonyl (C=S) groups is 1. The number of aryl methyl sites for hydroxylation is 1. The molecule has 106 valence electrons. The normalized spacial score (nSPS) is 10.3. The van der Waals surface area contributed by atoms with Crippen LogP contribution in [0.15, 0.2) is 12.4 Å². The molecule has 1 amide bonds. The van der Waals surface area contributed by atoms with Crippen LogP contribution in [-0.2, 0) is 11.3 Å². The van der Waals surface area contributed by atoms with Crippen molar-refractivity contribution in [3.05, 3.63) is 18.2 Å². The van der Waals surface area contributed by atoms with Crippen molar-refractivity contribution >= 4 is 23.4 Å². The van der Waals surface area contributed by atoms with Crippen molar-refractivity contribution in [3.63, 3.8) is 0 Å². The van der Waals surface area contributed by atoms with E-state index in [1.165, 1.54) is 0 Å². The SMILES string of the molecule is Cc1nccn1CCNC(=S)NC(=O)OCC(C)C. The lowest BCUT2D eigenvalue weighted by molar-refractivity contribution is 0.138. The topological polar surface area (TPSA) is 68.2 Å². The Balaban J connectivity index is 2.17. The number of ether oxygens (including phenoxy) is 1. The van der Waals surface area contributed by atoms with Crippen molar-refractivity contribution in [3.8, 4) is 0 Å². The highest BCUT2D eigenvalue weighted by atomic mass is 32.1. The van der Waals surface area contributed by atoms with Crippen molar-refractivity contribution < 1.29 is 9.53 Å². The largest absolute Gasteiger partial charge is 0.449 e. The smallest absolute Gasteiger partial charge is 0.413 e. The van der Waals surface area contributed by atoms with Gasteiger partial charge in [0.1, 0.15) is 5.82 Å². The summed E-state index contributed by atoms with van der Waals surface area (Å²) in [6, 6.07) is 0. The summed E-state index contributed by atoms with van der Waals surface area (Å²) in [6.07, 6.45) is 3.12. The molecule has 19 heavy (non-hydrogen) atoms. The van der Waals surface area contributed by atoms with Gasteiger partial charge in [-0.25, -0.2) is 9.78 Å². The molecular weight excluding hydrogens is 264 g/mol. The predicted molar refractivity (Wildman–Crippen MR) is 76.9 cm³/mol. The lowest BCUT2D eigenvalue weighted by Crippen LogP contribution is -2.41. The van der Waals surface area contributed by atoms with Crippen LogP contribution in [0, 0.1) is 12.8 Å². The predicted octanol–water partition coefficient (Wildman–Crippen LogP) is 1.45. The Bertz CT molecular complexity index is 431. The second-order valence-electron chi connectivity index (χ2n) is 4.54.